The van der Waals surface area contributed by atoms with E-state index >= 15 is 0 Å². The summed E-state index contributed by atoms with van der Waals surface area (Å²) in [6, 6.07) is 8.08. The minimum absolute atomic E-state index is 0. The number of carbonyl (C=O) groups excluding carboxylic acids is 1. The van der Waals surface area contributed by atoms with Crippen LogP contribution in [-0.2, 0) is 10.2 Å². The van der Waals surface area contributed by atoms with Crippen molar-refractivity contribution in [2.24, 2.45) is 5.92 Å². The molecule has 2 rings (SSSR count). The molecule has 3 nitrogen and oxygen atoms in total. The van der Waals surface area contributed by atoms with Gasteiger partial charge in [0, 0.05) is 17.6 Å². The number of amides is 1. The standard InChI is InChI=1S/C17H25BrN2O.ClH/c1-17(2,14-4-6-15(18)7-5-14)16(21)20-10-8-13(9-11-20)12-19-3;/h4-7,13,19H,8-12H2,1-3H3;1H. The first-order valence-electron chi connectivity index (χ1n) is 7.65. The molecule has 1 fully saturated rings. The number of likely N-dealkylation sites (tertiary alicyclic amines) is 1. The zero-order chi connectivity index (χ0) is 15.5. The van der Waals surface area contributed by atoms with Gasteiger partial charge in [0.25, 0.3) is 0 Å². The molecule has 1 aliphatic rings. The quantitative estimate of drug-likeness (QED) is 0.853. The molecular weight excluding hydrogens is 364 g/mol. The van der Waals surface area contributed by atoms with Crippen molar-refractivity contribution in [2.45, 2.75) is 32.1 Å². The Balaban J connectivity index is 0.00000242. The summed E-state index contributed by atoms with van der Waals surface area (Å²) in [5, 5.41) is 3.23. The fraction of sp³-hybridized carbons (Fsp3) is 0.588. The molecule has 1 saturated heterocycles. The van der Waals surface area contributed by atoms with Crippen LogP contribution in [0.2, 0.25) is 0 Å². The van der Waals surface area contributed by atoms with Crippen LogP contribution in [0.5, 0.6) is 0 Å². The van der Waals surface area contributed by atoms with E-state index in [-0.39, 0.29) is 18.3 Å². The zero-order valence-corrected chi connectivity index (χ0v) is 16.0. The summed E-state index contributed by atoms with van der Waals surface area (Å²) in [7, 11) is 1.99. The Morgan fingerprint density at radius 2 is 1.82 bits per heavy atom. The van der Waals surface area contributed by atoms with Crippen molar-refractivity contribution in [3.8, 4) is 0 Å². The Hall–Kier alpha value is -0.580. The Morgan fingerprint density at radius 3 is 2.32 bits per heavy atom. The van der Waals surface area contributed by atoms with E-state index in [0.29, 0.717) is 5.92 Å². The van der Waals surface area contributed by atoms with E-state index in [1.807, 2.05) is 50.1 Å². The van der Waals surface area contributed by atoms with Gasteiger partial charge in [-0.25, -0.2) is 0 Å². The molecule has 0 saturated carbocycles. The number of carbonyl (C=O) groups is 1. The van der Waals surface area contributed by atoms with E-state index in [1.54, 1.807) is 0 Å². The van der Waals surface area contributed by atoms with Crippen LogP contribution < -0.4 is 5.32 Å². The molecule has 0 bridgehead atoms. The van der Waals surface area contributed by atoms with Crippen molar-refractivity contribution in [2.75, 3.05) is 26.7 Å². The zero-order valence-electron chi connectivity index (χ0n) is 13.6. The summed E-state index contributed by atoms with van der Waals surface area (Å²) < 4.78 is 1.04. The van der Waals surface area contributed by atoms with Gasteiger partial charge in [0.15, 0.2) is 0 Å². The minimum atomic E-state index is -0.462. The average molecular weight is 390 g/mol. The van der Waals surface area contributed by atoms with E-state index in [4.69, 9.17) is 0 Å². The van der Waals surface area contributed by atoms with Crippen LogP contribution in [0, 0.1) is 5.92 Å². The third-order valence-corrected chi connectivity index (χ3v) is 5.02. The second kappa shape index (κ2) is 8.32. The van der Waals surface area contributed by atoms with Gasteiger partial charge in [-0.2, -0.15) is 0 Å². The van der Waals surface area contributed by atoms with Gasteiger partial charge in [-0.3, -0.25) is 4.79 Å². The van der Waals surface area contributed by atoms with E-state index in [2.05, 4.69) is 21.2 Å². The highest BCUT2D eigenvalue weighted by molar-refractivity contribution is 9.10. The van der Waals surface area contributed by atoms with Gasteiger partial charge in [0.05, 0.1) is 5.41 Å². The molecule has 1 N–H and O–H groups in total. The third kappa shape index (κ3) is 4.46. The highest BCUT2D eigenvalue weighted by atomic mass is 79.9. The molecule has 5 heteroatoms. The van der Waals surface area contributed by atoms with Crippen molar-refractivity contribution in [3.63, 3.8) is 0 Å². The lowest BCUT2D eigenvalue weighted by molar-refractivity contribution is -0.137. The minimum Gasteiger partial charge on any atom is -0.342 e. The lowest BCUT2D eigenvalue weighted by Crippen LogP contribution is -2.47. The van der Waals surface area contributed by atoms with E-state index in [0.717, 1.165) is 42.5 Å². The largest absolute Gasteiger partial charge is 0.342 e. The molecule has 1 heterocycles. The van der Waals surface area contributed by atoms with Crippen molar-refractivity contribution in [1.82, 2.24) is 10.2 Å². The molecule has 1 amide bonds. The summed E-state index contributed by atoms with van der Waals surface area (Å²) in [5.41, 5.74) is 0.615. The van der Waals surface area contributed by atoms with Gasteiger partial charge in [-0.05, 0) is 63.9 Å². The van der Waals surface area contributed by atoms with Crippen molar-refractivity contribution in [3.05, 3.63) is 34.3 Å². The van der Waals surface area contributed by atoms with Gasteiger partial charge in [-0.1, -0.05) is 28.1 Å². The molecule has 0 aliphatic carbocycles. The maximum atomic E-state index is 12.9. The lowest BCUT2D eigenvalue weighted by Gasteiger charge is -2.37. The lowest BCUT2D eigenvalue weighted by atomic mass is 9.82. The maximum absolute atomic E-state index is 12.9. The topological polar surface area (TPSA) is 32.3 Å². The van der Waals surface area contributed by atoms with Gasteiger partial charge in [0.2, 0.25) is 5.91 Å². The first-order chi connectivity index (χ1) is 9.95. The smallest absolute Gasteiger partial charge is 0.232 e. The number of piperidine rings is 1. The number of halogens is 2. The fourth-order valence-electron chi connectivity index (χ4n) is 3.01. The van der Waals surface area contributed by atoms with Crippen LogP contribution >= 0.6 is 28.3 Å². The van der Waals surface area contributed by atoms with Crippen molar-refractivity contribution in [1.29, 1.82) is 0 Å². The Morgan fingerprint density at radius 1 is 1.27 bits per heavy atom. The van der Waals surface area contributed by atoms with Crippen LogP contribution in [0.1, 0.15) is 32.3 Å². The highest BCUT2D eigenvalue weighted by Crippen LogP contribution is 2.29. The molecule has 124 valence electrons. The Kier molecular flexibility index (Phi) is 7.36. The molecule has 1 aromatic carbocycles. The van der Waals surface area contributed by atoms with E-state index in [9.17, 15) is 4.79 Å². The number of rotatable bonds is 4. The predicted octanol–water partition coefficient (Wildman–Crippen LogP) is 3.61. The van der Waals surface area contributed by atoms with Crippen molar-refractivity contribution < 1.29 is 4.79 Å². The third-order valence-electron chi connectivity index (χ3n) is 4.50. The highest BCUT2D eigenvalue weighted by Gasteiger charge is 2.35. The monoisotopic (exact) mass is 388 g/mol. The molecular formula is C17H26BrClN2O. The van der Waals surface area contributed by atoms with Crippen LogP contribution in [0.3, 0.4) is 0 Å². The van der Waals surface area contributed by atoms with Crippen LogP contribution in [0.15, 0.2) is 28.7 Å². The summed E-state index contributed by atoms with van der Waals surface area (Å²) in [6.07, 6.45) is 2.20. The molecule has 22 heavy (non-hydrogen) atoms. The van der Waals surface area contributed by atoms with Crippen LogP contribution in [0.4, 0.5) is 0 Å². The normalized spacial score (nSPS) is 16.3. The number of hydrogen-bond donors (Lipinski definition) is 1. The van der Waals surface area contributed by atoms with E-state index in [1.165, 1.54) is 0 Å². The molecule has 0 radical (unpaired) electrons. The summed E-state index contributed by atoms with van der Waals surface area (Å²) >= 11 is 3.45. The summed E-state index contributed by atoms with van der Waals surface area (Å²) in [4.78, 5) is 14.9. The summed E-state index contributed by atoms with van der Waals surface area (Å²) in [5.74, 6) is 0.947. The van der Waals surface area contributed by atoms with Crippen LogP contribution in [-0.4, -0.2) is 37.5 Å². The Labute approximate surface area is 148 Å². The first kappa shape index (κ1) is 19.5. The molecule has 1 aliphatic heterocycles. The summed E-state index contributed by atoms with van der Waals surface area (Å²) in [6.45, 7) is 6.87. The van der Waals surface area contributed by atoms with Crippen LogP contribution in [0.25, 0.3) is 0 Å². The molecule has 0 aromatic heterocycles. The fourth-order valence-corrected chi connectivity index (χ4v) is 3.28. The second-order valence-corrected chi connectivity index (χ2v) is 7.34. The van der Waals surface area contributed by atoms with Gasteiger partial charge >= 0.3 is 0 Å². The number of hydrogen-bond acceptors (Lipinski definition) is 2. The maximum Gasteiger partial charge on any atom is 0.232 e. The predicted molar refractivity (Wildman–Crippen MR) is 97.6 cm³/mol. The second-order valence-electron chi connectivity index (χ2n) is 6.43. The average Bonchev–Trinajstić information content (AvgIpc) is 2.48. The van der Waals surface area contributed by atoms with Crippen molar-refractivity contribution >= 4 is 34.2 Å². The molecule has 1 aromatic rings. The molecule has 0 spiro atoms. The number of nitrogens with one attached hydrogen (secondary N) is 1. The number of nitrogens with zero attached hydrogens (tertiary/aromatic N) is 1. The van der Waals surface area contributed by atoms with Gasteiger partial charge < -0.3 is 10.2 Å². The first-order valence-corrected chi connectivity index (χ1v) is 8.44. The Bertz CT molecular complexity index is 482. The SMILES string of the molecule is CNCC1CCN(C(=O)C(C)(C)c2ccc(Br)cc2)CC1.Cl. The number of benzene rings is 1. The molecule has 0 atom stereocenters. The van der Waals surface area contributed by atoms with Gasteiger partial charge in [0.1, 0.15) is 0 Å². The molecule has 0 unspecified atom stereocenters. The van der Waals surface area contributed by atoms with E-state index < -0.39 is 5.41 Å². The van der Waals surface area contributed by atoms with Gasteiger partial charge in [-0.15, -0.1) is 12.4 Å².